The molecule has 0 aromatic heterocycles. The second-order valence-corrected chi connectivity index (χ2v) is 5.65. The van der Waals surface area contributed by atoms with Crippen molar-refractivity contribution in [2.45, 2.75) is 9.79 Å². The fraction of sp³-hybridized carbons (Fsp3) is 0. The summed E-state index contributed by atoms with van der Waals surface area (Å²) < 4.78 is 0. The summed E-state index contributed by atoms with van der Waals surface area (Å²) in [6, 6.07) is 26.8. The number of anilines is 1. The van der Waals surface area contributed by atoms with Crippen LogP contribution in [-0.2, 0) is 0 Å². The first-order valence-corrected chi connectivity index (χ1v) is 7.32. The van der Waals surface area contributed by atoms with Crippen LogP contribution < -0.4 is 5.73 Å². The zero-order valence-electron chi connectivity index (χ0n) is 11.0. The molecular formula is C18H15NS. The summed E-state index contributed by atoms with van der Waals surface area (Å²) in [4.78, 5) is 2.45. The Hall–Kier alpha value is -2.19. The van der Waals surface area contributed by atoms with E-state index in [1.54, 1.807) is 11.8 Å². The van der Waals surface area contributed by atoms with Gasteiger partial charge in [0, 0.05) is 15.5 Å². The number of rotatable bonds is 3. The average Bonchev–Trinajstić information content (AvgIpc) is 2.51. The Morgan fingerprint density at radius 3 is 2.05 bits per heavy atom. The van der Waals surface area contributed by atoms with E-state index in [1.165, 1.54) is 20.9 Å². The lowest BCUT2D eigenvalue weighted by molar-refractivity contribution is 1.40. The molecule has 20 heavy (non-hydrogen) atoms. The molecule has 3 aromatic carbocycles. The number of benzene rings is 3. The summed E-state index contributed by atoms with van der Waals surface area (Å²) in [5, 5.41) is 0. The summed E-state index contributed by atoms with van der Waals surface area (Å²) in [6.45, 7) is 0. The van der Waals surface area contributed by atoms with E-state index in [1.807, 2.05) is 24.3 Å². The first-order chi connectivity index (χ1) is 9.83. The van der Waals surface area contributed by atoms with Gasteiger partial charge in [0.15, 0.2) is 0 Å². The maximum Gasteiger partial charge on any atom is 0.0321 e. The quantitative estimate of drug-likeness (QED) is 0.675. The summed E-state index contributed by atoms with van der Waals surface area (Å²) in [7, 11) is 0. The Balaban J connectivity index is 2.03. The lowest BCUT2D eigenvalue weighted by atomic mass is 10.1. The standard InChI is InChI=1S/C18H15NS/c19-15-11-12-18(20-16-9-5-2-6-10-16)17(13-15)14-7-3-1-4-8-14/h1-13H,19H2. The van der Waals surface area contributed by atoms with Gasteiger partial charge in [0.2, 0.25) is 0 Å². The smallest absolute Gasteiger partial charge is 0.0321 e. The molecule has 1 nitrogen and oxygen atoms in total. The van der Waals surface area contributed by atoms with Gasteiger partial charge in [-0.15, -0.1) is 0 Å². The van der Waals surface area contributed by atoms with Gasteiger partial charge in [-0.1, -0.05) is 60.3 Å². The molecular weight excluding hydrogens is 262 g/mol. The van der Waals surface area contributed by atoms with E-state index in [-0.39, 0.29) is 0 Å². The summed E-state index contributed by atoms with van der Waals surface area (Å²) in [6.07, 6.45) is 0. The Labute approximate surface area is 123 Å². The molecule has 0 atom stereocenters. The average molecular weight is 277 g/mol. The monoisotopic (exact) mass is 277 g/mol. The molecule has 2 N–H and O–H groups in total. The molecule has 0 saturated carbocycles. The highest BCUT2D eigenvalue weighted by atomic mass is 32.2. The zero-order valence-corrected chi connectivity index (χ0v) is 11.8. The SMILES string of the molecule is Nc1ccc(Sc2ccccc2)c(-c2ccccc2)c1. The largest absolute Gasteiger partial charge is 0.399 e. The molecule has 0 unspecified atom stereocenters. The Bertz CT molecular complexity index is 693. The molecule has 98 valence electrons. The topological polar surface area (TPSA) is 26.0 Å². The van der Waals surface area contributed by atoms with Crippen molar-refractivity contribution in [3.05, 3.63) is 78.9 Å². The molecule has 0 radical (unpaired) electrons. The highest BCUT2D eigenvalue weighted by Crippen LogP contribution is 2.36. The van der Waals surface area contributed by atoms with Crippen LogP contribution in [0.5, 0.6) is 0 Å². The molecule has 0 amide bonds. The van der Waals surface area contributed by atoms with Crippen LogP contribution in [0.1, 0.15) is 0 Å². The Kier molecular flexibility index (Phi) is 3.75. The second-order valence-electron chi connectivity index (χ2n) is 4.54. The molecule has 0 fully saturated rings. The van der Waals surface area contributed by atoms with Crippen LogP contribution in [-0.4, -0.2) is 0 Å². The van der Waals surface area contributed by atoms with Crippen LogP contribution in [0.4, 0.5) is 5.69 Å². The van der Waals surface area contributed by atoms with Crippen LogP contribution in [0.25, 0.3) is 11.1 Å². The van der Waals surface area contributed by atoms with Crippen molar-refractivity contribution in [2.75, 3.05) is 5.73 Å². The normalized spacial score (nSPS) is 10.4. The molecule has 3 aromatic rings. The fourth-order valence-electron chi connectivity index (χ4n) is 2.10. The fourth-order valence-corrected chi connectivity index (χ4v) is 3.07. The first-order valence-electron chi connectivity index (χ1n) is 6.51. The van der Waals surface area contributed by atoms with Crippen molar-refractivity contribution in [1.82, 2.24) is 0 Å². The predicted octanol–water partition coefficient (Wildman–Crippen LogP) is 5.09. The van der Waals surface area contributed by atoms with Gasteiger partial charge in [0.05, 0.1) is 0 Å². The van der Waals surface area contributed by atoms with Gasteiger partial charge in [-0.05, 0) is 41.5 Å². The van der Waals surface area contributed by atoms with Gasteiger partial charge in [0.25, 0.3) is 0 Å². The number of hydrogen-bond acceptors (Lipinski definition) is 2. The van der Waals surface area contributed by atoms with Crippen molar-refractivity contribution in [2.24, 2.45) is 0 Å². The number of nitrogens with two attached hydrogens (primary N) is 1. The molecule has 3 rings (SSSR count). The van der Waals surface area contributed by atoms with E-state index in [0.29, 0.717) is 0 Å². The molecule has 0 aliphatic carbocycles. The van der Waals surface area contributed by atoms with E-state index in [9.17, 15) is 0 Å². The minimum absolute atomic E-state index is 0.793. The van der Waals surface area contributed by atoms with Crippen molar-refractivity contribution in [3.8, 4) is 11.1 Å². The molecule has 0 saturated heterocycles. The Morgan fingerprint density at radius 2 is 1.35 bits per heavy atom. The molecule has 0 aliphatic rings. The van der Waals surface area contributed by atoms with Gasteiger partial charge in [-0.2, -0.15) is 0 Å². The first kappa shape index (κ1) is 12.8. The highest BCUT2D eigenvalue weighted by molar-refractivity contribution is 7.99. The van der Waals surface area contributed by atoms with E-state index in [0.717, 1.165) is 5.69 Å². The van der Waals surface area contributed by atoms with Crippen molar-refractivity contribution < 1.29 is 0 Å². The predicted molar refractivity (Wildman–Crippen MR) is 86.9 cm³/mol. The lowest BCUT2D eigenvalue weighted by Crippen LogP contribution is -1.88. The van der Waals surface area contributed by atoms with Crippen LogP contribution in [0.2, 0.25) is 0 Å². The van der Waals surface area contributed by atoms with Crippen LogP contribution >= 0.6 is 11.8 Å². The van der Waals surface area contributed by atoms with Gasteiger partial charge < -0.3 is 5.73 Å². The van der Waals surface area contributed by atoms with Gasteiger partial charge in [-0.25, -0.2) is 0 Å². The van der Waals surface area contributed by atoms with Gasteiger partial charge in [-0.3, -0.25) is 0 Å². The van der Waals surface area contributed by atoms with Crippen LogP contribution in [0.15, 0.2) is 88.7 Å². The third-order valence-corrected chi connectivity index (χ3v) is 4.14. The maximum atomic E-state index is 5.95. The minimum Gasteiger partial charge on any atom is -0.399 e. The van der Waals surface area contributed by atoms with Crippen molar-refractivity contribution in [3.63, 3.8) is 0 Å². The summed E-state index contributed by atoms with van der Waals surface area (Å²) in [5.74, 6) is 0. The zero-order chi connectivity index (χ0) is 13.8. The van der Waals surface area contributed by atoms with Gasteiger partial charge in [0.1, 0.15) is 0 Å². The third-order valence-electron chi connectivity index (χ3n) is 3.06. The van der Waals surface area contributed by atoms with Gasteiger partial charge >= 0.3 is 0 Å². The van der Waals surface area contributed by atoms with Crippen molar-refractivity contribution >= 4 is 17.4 Å². The summed E-state index contributed by atoms with van der Waals surface area (Å²) >= 11 is 1.76. The second kappa shape index (κ2) is 5.85. The molecule has 0 bridgehead atoms. The van der Waals surface area contributed by atoms with Crippen molar-refractivity contribution in [1.29, 1.82) is 0 Å². The minimum atomic E-state index is 0.793. The Morgan fingerprint density at radius 1 is 0.700 bits per heavy atom. The molecule has 0 spiro atoms. The van der Waals surface area contributed by atoms with E-state index >= 15 is 0 Å². The van der Waals surface area contributed by atoms with E-state index < -0.39 is 0 Å². The summed E-state index contributed by atoms with van der Waals surface area (Å²) in [5.41, 5.74) is 9.11. The van der Waals surface area contributed by atoms with Crippen LogP contribution in [0.3, 0.4) is 0 Å². The molecule has 2 heteroatoms. The molecule has 0 aliphatic heterocycles. The van der Waals surface area contributed by atoms with Crippen LogP contribution in [0, 0.1) is 0 Å². The third kappa shape index (κ3) is 2.86. The highest BCUT2D eigenvalue weighted by Gasteiger charge is 2.07. The number of nitrogen functional groups attached to an aromatic ring is 1. The van der Waals surface area contributed by atoms with E-state index in [4.69, 9.17) is 5.73 Å². The van der Waals surface area contributed by atoms with E-state index in [2.05, 4.69) is 54.6 Å². The molecule has 0 heterocycles. The maximum absolute atomic E-state index is 5.95. The lowest BCUT2D eigenvalue weighted by Gasteiger charge is -2.10. The number of hydrogen-bond donors (Lipinski definition) is 1.